The van der Waals surface area contributed by atoms with Crippen molar-refractivity contribution in [1.82, 2.24) is 60.2 Å². The highest BCUT2D eigenvalue weighted by molar-refractivity contribution is 6.30. The van der Waals surface area contributed by atoms with Gasteiger partial charge in [0.05, 0.1) is 12.1 Å². The molecule has 7 aliphatic rings. The molecule has 4 N–H and O–H groups in total. The molecule has 0 spiro atoms. The van der Waals surface area contributed by atoms with Crippen LogP contribution in [0.4, 0.5) is 19.3 Å². The van der Waals surface area contributed by atoms with Crippen LogP contribution in [0.5, 0.6) is 0 Å². The summed E-state index contributed by atoms with van der Waals surface area (Å²) in [6.45, 7) is 6.40. The first kappa shape index (κ1) is 62.9. The van der Waals surface area contributed by atoms with E-state index < -0.39 is 11.6 Å². The molecule has 3 saturated heterocycles. The number of nitrogens with one attached hydrogen (secondary N) is 4. The number of anilines is 1. The number of likely N-dealkylation sites (tertiary alicyclic amines) is 2. The van der Waals surface area contributed by atoms with Gasteiger partial charge in [0, 0.05) is 98.3 Å². The zero-order valence-corrected chi connectivity index (χ0v) is 52.2. The lowest BCUT2D eigenvalue weighted by atomic mass is 9.63. The van der Waals surface area contributed by atoms with Gasteiger partial charge in [-0.3, -0.25) is 19.0 Å². The van der Waals surface area contributed by atoms with Gasteiger partial charge in [0.2, 0.25) is 11.8 Å². The second-order valence-corrected chi connectivity index (χ2v) is 27.5. The fourth-order valence-corrected chi connectivity index (χ4v) is 16.5. The van der Waals surface area contributed by atoms with Crippen molar-refractivity contribution in [2.75, 3.05) is 44.6 Å². The van der Waals surface area contributed by atoms with Gasteiger partial charge in [0.1, 0.15) is 25.3 Å². The Labute approximate surface area is 523 Å². The van der Waals surface area contributed by atoms with Crippen LogP contribution in [-0.2, 0) is 35.5 Å². The molecule has 3 aliphatic heterocycles. The van der Waals surface area contributed by atoms with Crippen LogP contribution in [0.2, 0.25) is 10.0 Å². The lowest BCUT2D eigenvalue weighted by Crippen LogP contribution is -2.56. The van der Waals surface area contributed by atoms with Crippen molar-refractivity contribution in [1.29, 1.82) is 0 Å². The topological polar surface area (TPSA) is 170 Å². The van der Waals surface area contributed by atoms with Gasteiger partial charge < -0.3 is 36.0 Å². The fourth-order valence-electron chi connectivity index (χ4n) is 16.2. The first-order valence-corrected chi connectivity index (χ1v) is 33.6. The molecule has 16 nitrogen and oxygen atoms in total. The van der Waals surface area contributed by atoms with Crippen LogP contribution in [0.25, 0.3) is 0 Å². The third-order valence-electron chi connectivity index (χ3n) is 21.2. The molecule has 2 aromatic heterocycles. The summed E-state index contributed by atoms with van der Waals surface area (Å²) in [5.41, 5.74) is 3.11. The van der Waals surface area contributed by atoms with Gasteiger partial charge in [-0.1, -0.05) is 86.0 Å². The molecule has 0 radical (unpaired) electrons. The van der Waals surface area contributed by atoms with Gasteiger partial charge >= 0.3 is 6.03 Å². The molecule has 4 aliphatic carbocycles. The number of aromatic nitrogens is 6. The maximum Gasteiger partial charge on any atom is 0.317 e. The van der Waals surface area contributed by atoms with Crippen LogP contribution < -0.4 is 21.3 Å². The van der Waals surface area contributed by atoms with Crippen molar-refractivity contribution < 1.29 is 23.2 Å². The predicted molar refractivity (Wildman–Crippen MR) is 336 cm³/mol. The lowest BCUT2D eigenvalue weighted by molar-refractivity contribution is -0.138. The van der Waals surface area contributed by atoms with Crippen molar-refractivity contribution in [3.05, 3.63) is 125 Å². The second kappa shape index (κ2) is 29.7. The van der Waals surface area contributed by atoms with Crippen LogP contribution in [0.3, 0.4) is 0 Å². The third kappa shape index (κ3) is 16.4. The number of benzene rings is 3. The lowest BCUT2D eigenvalue weighted by Gasteiger charge is -2.48. The van der Waals surface area contributed by atoms with E-state index in [-0.39, 0.29) is 58.9 Å². The first-order valence-electron chi connectivity index (χ1n) is 32.9. The van der Waals surface area contributed by atoms with Crippen molar-refractivity contribution >= 4 is 46.7 Å². The Bertz CT molecular complexity index is 2950. The van der Waals surface area contributed by atoms with Crippen LogP contribution in [0.1, 0.15) is 152 Å². The van der Waals surface area contributed by atoms with Crippen molar-refractivity contribution in [2.45, 2.75) is 203 Å². The van der Waals surface area contributed by atoms with E-state index in [9.17, 15) is 23.2 Å². The third-order valence-corrected chi connectivity index (χ3v) is 21.7. The number of carbonyl (C=O) groups excluding carboxylic acids is 3. The summed E-state index contributed by atoms with van der Waals surface area (Å²) in [4.78, 5) is 55.3. The van der Waals surface area contributed by atoms with E-state index in [1.165, 1.54) is 70.3 Å². The summed E-state index contributed by atoms with van der Waals surface area (Å²) in [5, 5.41) is 24.2. The minimum absolute atomic E-state index is 0.0698. The molecule has 87 heavy (non-hydrogen) atoms. The maximum atomic E-state index is 14.2. The molecule has 7 fully saturated rings. The Balaban J connectivity index is 0.000000181. The Morgan fingerprint density at radius 1 is 0.563 bits per heavy atom. The molecular weight excluding hydrogens is 1140 g/mol. The van der Waals surface area contributed by atoms with E-state index in [1.54, 1.807) is 18.7 Å². The van der Waals surface area contributed by atoms with Gasteiger partial charge in [-0.2, -0.15) is 10.2 Å². The standard InChI is InChI=1S/C35H45ClF2N6O.C32H46ClN7O2/c36-27-8-6-25(7-9-27)20-33(42-29-12-10-28(11-13-29)41-30-14-15-31(37)32(38)21-30)34(45)43-18-16-35(17-19-43,22-44-24-39-23-40-44)26-4-2-1-3-5-26;33-26-8-6-24(7-9-26)20-29(37-27-10-12-28(13-11-27)40-19-16-35-31(40)42)30(41)38-17-14-32(15-18-38,21-39-23-34-22-36-39)25-4-2-1-3-5-25/h6-9,14-15,21,23-24,26,28-29,33,41-42H,1-5,10-13,16-20,22H2;6-9,22-23,25,27-29,37H,1-5,10-21H2,(H,35,42)/t28-,29+,33-;27-,28-,29-/m11/s1. The average molecular weight is 1240 g/mol. The molecule has 3 aromatic carbocycles. The number of hydrogen-bond donors (Lipinski definition) is 4. The van der Waals surface area contributed by atoms with Gasteiger partial charge in [-0.25, -0.2) is 23.5 Å². The summed E-state index contributed by atoms with van der Waals surface area (Å²) in [5.74, 6) is 0.0443. The van der Waals surface area contributed by atoms with Crippen molar-refractivity contribution in [2.24, 2.45) is 22.7 Å². The highest BCUT2D eigenvalue weighted by Crippen LogP contribution is 2.49. The molecule has 0 unspecified atom stereocenters. The Kier molecular flexibility index (Phi) is 21.5. The average Bonchev–Trinajstić information content (AvgIpc) is 2.05. The monoisotopic (exact) mass is 1230 g/mol. The van der Waals surface area contributed by atoms with Crippen LogP contribution >= 0.6 is 23.2 Å². The summed E-state index contributed by atoms with van der Waals surface area (Å²) in [6, 6.07) is 20.1. The first-order chi connectivity index (χ1) is 42.4. The van der Waals surface area contributed by atoms with E-state index in [4.69, 9.17) is 23.2 Å². The number of amides is 4. The van der Waals surface area contributed by atoms with Gasteiger partial charge in [-0.05, 0) is 186 Å². The molecule has 20 heteroatoms. The fraction of sp³-hybridized carbons (Fsp3) is 0.627. The van der Waals surface area contributed by atoms with Gasteiger partial charge in [-0.15, -0.1) is 0 Å². The zero-order valence-electron chi connectivity index (χ0n) is 50.7. The van der Waals surface area contributed by atoms with E-state index in [0.29, 0.717) is 46.5 Å². The predicted octanol–water partition coefficient (Wildman–Crippen LogP) is 11.7. The van der Waals surface area contributed by atoms with Crippen molar-refractivity contribution in [3.63, 3.8) is 0 Å². The van der Waals surface area contributed by atoms with Crippen molar-refractivity contribution in [3.8, 4) is 0 Å². The Morgan fingerprint density at radius 3 is 1.43 bits per heavy atom. The molecule has 470 valence electrons. The second-order valence-electron chi connectivity index (χ2n) is 26.6. The van der Waals surface area contributed by atoms with E-state index >= 15 is 0 Å². The minimum Gasteiger partial charge on any atom is -0.382 e. The Morgan fingerprint density at radius 2 is 1.01 bits per heavy atom. The number of urea groups is 1. The van der Waals surface area contributed by atoms with E-state index in [2.05, 4.69) is 51.2 Å². The summed E-state index contributed by atoms with van der Waals surface area (Å²) >= 11 is 12.3. The van der Waals surface area contributed by atoms with Gasteiger partial charge in [0.25, 0.3) is 0 Å². The summed E-state index contributed by atoms with van der Waals surface area (Å²) in [6.07, 6.45) is 32.6. The highest BCUT2D eigenvalue weighted by Gasteiger charge is 2.46. The van der Waals surface area contributed by atoms with E-state index in [0.717, 1.165) is 147 Å². The van der Waals surface area contributed by atoms with Crippen LogP contribution in [0.15, 0.2) is 92.0 Å². The number of hydrogen-bond acceptors (Lipinski definition) is 10. The summed E-state index contributed by atoms with van der Waals surface area (Å²) < 4.78 is 31.1. The molecule has 12 rings (SSSR count). The Hall–Kier alpha value is -5.69. The quantitative estimate of drug-likeness (QED) is 0.0624. The van der Waals surface area contributed by atoms with Gasteiger partial charge in [0.15, 0.2) is 11.6 Å². The minimum atomic E-state index is -0.842. The molecule has 5 heterocycles. The smallest absolute Gasteiger partial charge is 0.317 e. The molecule has 4 saturated carbocycles. The van der Waals surface area contributed by atoms with Crippen LogP contribution in [0, 0.1) is 34.3 Å². The number of nitrogens with zero attached hydrogens (tertiary/aromatic N) is 9. The normalized spacial score (nSPS) is 24.4. The molecule has 4 amide bonds. The highest BCUT2D eigenvalue weighted by atomic mass is 35.5. The number of rotatable bonds is 19. The van der Waals surface area contributed by atoms with Crippen LogP contribution in [-0.4, -0.2) is 138 Å². The molecule has 0 bridgehead atoms. The number of carbonyl (C=O) groups is 3. The molecule has 2 atom stereocenters. The number of halogens is 4. The zero-order chi connectivity index (χ0) is 60.2. The SMILES string of the molecule is O=C([C@@H](Cc1ccc(Cl)cc1)N[C@H]1CC[C@@H](Nc2ccc(F)c(F)c2)CC1)N1CCC(Cn2cncn2)(C2CCCCC2)CC1.O=C([C@@H](Cc1ccc(Cl)cc1)N[C@H]1CC[C@H](N2CCNC2=O)CC1)N1CCC(Cn2cncn2)(C2CCCCC2)CC1. The maximum absolute atomic E-state index is 14.2. The number of piperidine rings is 2. The summed E-state index contributed by atoms with van der Waals surface area (Å²) in [7, 11) is 0. The molecular formula is C67H91Cl2F2N13O3. The largest absolute Gasteiger partial charge is 0.382 e. The molecule has 5 aromatic rings. The van der Waals surface area contributed by atoms with E-state index in [1.807, 2.05) is 75.4 Å².